The van der Waals surface area contributed by atoms with Crippen molar-refractivity contribution in [2.45, 2.75) is 26.7 Å². The molecule has 0 unspecified atom stereocenters. The summed E-state index contributed by atoms with van der Waals surface area (Å²) in [5, 5.41) is 12.1. The van der Waals surface area contributed by atoms with E-state index in [1.54, 1.807) is 0 Å². The standard InChI is InChI=1S/C16H19NO3/c1-10-7-8-11(2)14(9-10)17-15(18)12-5-3-4-6-13(12)16(19)20/h3-4,7-9,12-13H,5-6H2,1-2H3,(H,17,18)(H,19,20)/t12-,13+/m0/s1. The van der Waals surface area contributed by atoms with Crippen LogP contribution in [-0.4, -0.2) is 17.0 Å². The Morgan fingerprint density at radius 2 is 1.80 bits per heavy atom. The number of carbonyl (C=O) groups is 2. The molecule has 20 heavy (non-hydrogen) atoms. The molecule has 106 valence electrons. The van der Waals surface area contributed by atoms with Crippen molar-refractivity contribution in [3.8, 4) is 0 Å². The van der Waals surface area contributed by atoms with Gasteiger partial charge in [0.15, 0.2) is 0 Å². The maximum Gasteiger partial charge on any atom is 0.307 e. The Kier molecular flexibility index (Phi) is 4.23. The quantitative estimate of drug-likeness (QED) is 0.832. The van der Waals surface area contributed by atoms with Crippen LogP contribution in [0.5, 0.6) is 0 Å². The monoisotopic (exact) mass is 273 g/mol. The fourth-order valence-electron chi connectivity index (χ4n) is 2.47. The molecule has 1 aromatic carbocycles. The number of nitrogens with one attached hydrogen (secondary N) is 1. The van der Waals surface area contributed by atoms with E-state index in [0.717, 1.165) is 16.8 Å². The highest BCUT2D eigenvalue weighted by Gasteiger charge is 2.34. The third-order valence-corrected chi connectivity index (χ3v) is 3.74. The zero-order chi connectivity index (χ0) is 14.7. The molecule has 4 heteroatoms. The van der Waals surface area contributed by atoms with Crippen LogP contribution in [0.4, 0.5) is 5.69 Å². The summed E-state index contributed by atoms with van der Waals surface area (Å²) >= 11 is 0. The fraction of sp³-hybridized carbons (Fsp3) is 0.375. The lowest BCUT2D eigenvalue weighted by atomic mass is 9.82. The summed E-state index contributed by atoms with van der Waals surface area (Å²) in [5.41, 5.74) is 2.79. The second-order valence-corrected chi connectivity index (χ2v) is 5.30. The van der Waals surface area contributed by atoms with Gasteiger partial charge in [-0.25, -0.2) is 0 Å². The van der Waals surface area contributed by atoms with E-state index in [4.69, 9.17) is 0 Å². The zero-order valence-electron chi connectivity index (χ0n) is 11.7. The van der Waals surface area contributed by atoms with Gasteiger partial charge in [-0.05, 0) is 43.9 Å². The van der Waals surface area contributed by atoms with Gasteiger partial charge in [-0.3, -0.25) is 9.59 Å². The Labute approximate surface area is 118 Å². The molecule has 1 aromatic rings. The molecular weight excluding hydrogens is 254 g/mol. The van der Waals surface area contributed by atoms with Crippen molar-refractivity contribution in [3.63, 3.8) is 0 Å². The number of hydrogen-bond donors (Lipinski definition) is 2. The number of carboxylic acid groups (broad SMARTS) is 1. The van der Waals surface area contributed by atoms with Crippen molar-refractivity contribution >= 4 is 17.6 Å². The highest BCUT2D eigenvalue weighted by Crippen LogP contribution is 2.28. The molecule has 0 aromatic heterocycles. The van der Waals surface area contributed by atoms with Crippen LogP contribution in [-0.2, 0) is 9.59 Å². The Balaban J connectivity index is 2.16. The minimum atomic E-state index is -0.907. The van der Waals surface area contributed by atoms with E-state index in [-0.39, 0.29) is 5.91 Å². The third kappa shape index (κ3) is 3.07. The van der Waals surface area contributed by atoms with Gasteiger partial charge in [0.25, 0.3) is 0 Å². The van der Waals surface area contributed by atoms with E-state index in [1.165, 1.54) is 0 Å². The summed E-state index contributed by atoms with van der Waals surface area (Å²) in [6, 6.07) is 5.83. The van der Waals surface area contributed by atoms with E-state index in [0.29, 0.717) is 12.8 Å². The van der Waals surface area contributed by atoms with Gasteiger partial charge in [-0.15, -0.1) is 0 Å². The molecule has 0 bridgehead atoms. The van der Waals surface area contributed by atoms with Crippen LogP contribution in [0.15, 0.2) is 30.4 Å². The molecule has 1 amide bonds. The molecule has 0 radical (unpaired) electrons. The van der Waals surface area contributed by atoms with E-state index < -0.39 is 17.8 Å². The second kappa shape index (κ2) is 5.90. The summed E-state index contributed by atoms with van der Waals surface area (Å²) in [6.07, 6.45) is 4.61. The number of aryl methyl sites for hydroxylation is 2. The van der Waals surface area contributed by atoms with Crippen molar-refractivity contribution in [3.05, 3.63) is 41.5 Å². The predicted molar refractivity (Wildman–Crippen MR) is 77.5 cm³/mol. The topological polar surface area (TPSA) is 66.4 Å². The van der Waals surface area contributed by atoms with Crippen LogP contribution in [0.3, 0.4) is 0 Å². The molecule has 0 aliphatic heterocycles. The summed E-state index contributed by atoms with van der Waals surface area (Å²) in [5.74, 6) is -2.26. The largest absolute Gasteiger partial charge is 0.481 e. The summed E-state index contributed by atoms with van der Waals surface area (Å²) < 4.78 is 0. The van der Waals surface area contributed by atoms with E-state index >= 15 is 0 Å². The molecule has 2 atom stereocenters. The van der Waals surface area contributed by atoms with Crippen LogP contribution in [0.25, 0.3) is 0 Å². The van der Waals surface area contributed by atoms with Gasteiger partial charge >= 0.3 is 5.97 Å². The predicted octanol–water partition coefficient (Wildman–Crippen LogP) is 2.91. The first kappa shape index (κ1) is 14.3. The second-order valence-electron chi connectivity index (χ2n) is 5.30. The van der Waals surface area contributed by atoms with Gasteiger partial charge in [0.05, 0.1) is 11.8 Å². The number of carbonyl (C=O) groups excluding carboxylic acids is 1. The number of benzene rings is 1. The van der Waals surface area contributed by atoms with Gasteiger partial charge in [0.1, 0.15) is 0 Å². The maximum absolute atomic E-state index is 12.3. The van der Waals surface area contributed by atoms with Crippen molar-refractivity contribution in [1.29, 1.82) is 0 Å². The van der Waals surface area contributed by atoms with Crippen molar-refractivity contribution < 1.29 is 14.7 Å². The number of carboxylic acids is 1. The fourth-order valence-corrected chi connectivity index (χ4v) is 2.47. The van der Waals surface area contributed by atoms with Crippen molar-refractivity contribution in [1.82, 2.24) is 0 Å². The molecule has 1 aliphatic carbocycles. The molecule has 0 saturated heterocycles. The van der Waals surface area contributed by atoms with Crippen LogP contribution in [0.2, 0.25) is 0 Å². The van der Waals surface area contributed by atoms with Gasteiger partial charge in [0.2, 0.25) is 5.91 Å². The minimum absolute atomic E-state index is 0.213. The maximum atomic E-state index is 12.3. The molecule has 1 aliphatic rings. The number of amides is 1. The highest BCUT2D eigenvalue weighted by molar-refractivity contribution is 5.96. The molecule has 0 spiro atoms. The van der Waals surface area contributed by atoms with E-state index in [1.807, 2.05) is 44.2 Å². The summed E-state index contributed by atoms with van der Waals surface area (Å²) in [4.78, 5) is 23.6. The van der Waals surface area contributed by atoms with Gasteiger partial charge in [-0.2, -0.15) is 0 Å². The molecule has 0 saturated carbocycles. The molecule has 2 rings (SSSR count). The SMILES string of the molecule is Cc1ccc(C)c(NC(=O)[C@H]2CC=CC[C@H]2C(=O)O)c1. The van der Waals surface area contributed by atoms with Crippen molar-refractivity contribution in [2.24, 2.45) is 11.8 Å². The van der Waals surface area contributed by atoms with Crippen LogP contribution >= 0.6 is 0 Å². The molecule has 4 nitrogen and oxygen atoms in total. The first-order chi connectivity index (χ1) is 9.49. The average molecular weight is 273 g/mol. The zero-order valence-corrected chi connectivity index (χ0v) is 11.7. The number of anilines is 1. The van der Waals surface area contributed by atoms with Gasteiger partial charge in [0, 0.05) is 5.69 Å². The van der Waals surface area contributed by atoms with E-state index in [2.05, 4.69) is 5.32 Å². The highest BCUT2D eigenvalue weighted by atomic mass is 16.4. The van der Waals surface area contributed by atoms with Gasteiger partial charge < -0.3 is 10.4 Å². The molecule has 2 N–H and O–H groups in total. The Morgan fingerprint density at radius 1 is 1.15 bits per heavy atom. The number of allylic oxidation sites excluding steroid dienone is 2. The normalized spacial score (nSPS) is 21.5. The molecular formula is C16H19NO3. The molecule has 0 heterocycles. The number of rotatable bonds is 3. The smallest absolute Gasteiger partial charge is 0.307 e. The first-order valence-electron chi connectivity index (χ1n) is 6.75. The van der Waals surface area contributed by atoms with Crippen LogP contribution in [0.1, 0.15) is 24.0 Å². The number of hydrogen-bond acceptors (Lipinski definition) is 2. The number of aliphatic carboxylic acids is 1. The Morgan fingerprint density at radius 3 is 2.45 bits per heavy atom. The molecule has 0 fully saturated rings. The third-order valence-electron chi connectivity index (χ3n) is 3.74. The summed E-state index contributed by atoms with van der Waals surface area (Å²) in [6.45, 7) is 3.88. The Bertz CT molecular complexity index is 563. The lowest BCUT2D eigenvalue weighted by molar-refractivity contribution is -0.146. The summed E-state index contributed by atoms with van der Waals surface area (Å²) in [7, 11) is 0. The van der Waals surface area contributed by atoms with Gasteiger partial charge in [-0.1, -0.05) is 24.3 Å². The van der Waals surface area contributed by atoms with Crippen molar-refractivity contribution in [2.75, 3.05) is 5.32 Å². The minimum Gasteiger partial charge on any atom is -0.481 e. The lowest BCUT2D eigenvalue weighted by Crippen LogP contribution is -2.34. The van der Waals surface area contributed by atoms with Crippen LogP contribution in [0, 0.1) is 25.7 Å². The van der Waals surface area contributed by atoms with Crippen LogP contribution < -0.4 is 5.32 Å². The van der Waals surface area contributed by atoms with E-state index in [9.17, 15) is 14.7 Å². The Hall–Kier alpha value is -2.10. The first-order valence-corrected chi connectivity index (χ1v) is 6.75. The lowest BCUT2D eigenvalue weighted by Gasteiger charge is -2.24. The average Bonchev–Trinajstić information content (AvgIpc) is 2.42.